The lowest BCUT2D eigenvalue weighted by Gasteiger charge is -2.17. The quantitative estimate of drug-likeness (QED) is 0.478. The van der Waals surface area contributed by atoms with Gasteiger partial charge in [-0.1, -0.05) is 0 Å². The van der Waals surface area contributed by atoms with Crippen molar-refractivity contribution in [3.63, 3.8) is 0 Å². The second-order valence-electron chi connectivity index (χ2n) is 7.86. The summed E-state index contributed by atoms with van der Waals surface area (Å²) in [6.07, 6.45) is -0.160. The summed E-state index contributed by atoms with van der Waals surface area (Å²) in [6.45, 7) is 2.85. The molecule has 0 aromatic heterocycles. The maximum Gasteiger partial charge on any atom is 0.247 e. The summed E-state index contributed by atoms with van der Waals surface area (Å²) in [5.74, 6) is -1.96. The van der Waals surface area contributed by atoms with E-state index < -0.39 is 34.1 Å². The summed E-state index contributed by atoms with van der Waals surface area (Å²) in [6, 6.07) is 12.3. The SMILES string of the molecule is CC(=O)c1ccc(N2C(=O)CC(SC3CC(=O)N(c4ccc(C(C)=O)cc4)C3=O)C2=O)cc1. The Labute approximate surface area is 193 Å². The molecule has 4 amide bonds. The molecule has 2 atom stereocenters. The molecule has 2 unspecified atom stereocenters. The lowest BCUT2D eigenvalue weighted by atomic mass is 10.1. The molecule has 0 aliphatic carbocycles. The molecule has 4 rings (SSSR count). The average Bonchev–Trinajstić information content (AvgIpc) is 3.22. The lowest BCUT2D eigenvalue weighted by molar-refractivity contribution is -0.122. The molecule has 8 nitrogen and oxygen atoms in total. The fraction of sp³-hybridized carbons (Fsp3) is 0.250. The van der Waals surface area contributed by atoms with Crippen LogP contribution in [0.5, 0.6) is 0 Å². The van der Waals surface area contributed by atoms with Crippen molar-refractivity contribution in [3.8, 4) is 0 Å². The highest BCUT2D eigenvalue weighted by atomic mass is 32.2. The first-order valence-corrected chi connectivity index (χ1v) is 11.2. The molecule has 0 radical (unpaired) electrons. The lowest BCUT2D eigenvalue weighted by Crippen LogP contribution is -2.33. The molecule has 0 N–H and O–H groups in total. The molecule has 168 valence electrons. The highest BCUT2D eigenvalue weighted by molar-refractivity contribution is 8.02. The number of carbonyl (C=O) groups is 6. The molecule has 2 aliphatic rings. The zero-order valence-electron chi connectivity index (χ0n) is 17.9. The van der Waals surface area contributed by atoms with Crippen LogP contribution in [0.2, 0.25) is 0 Å². The minimum Gasteiger partial charge on any atom is -0.295 e. The predicted octanol–water partition coefficient (Wildman–Crippen LogP) is 2.79. The van der Waals surface area contributed by atoms with Crippen LogP contribution >= 0.6 is 11.8 Å². The number of rotatable bonds is 6. The van der Waals surface area contributed by atoms with Crippen molar-refractivity contribution in [1.82, 2.24) is 0 Å². The molecule has 33 heavy (non-hydrogen) atoms. The summed E-state index contributed by atoms with van der Waals surface area (Å²) >= 11 is 1.02. The van der Waals surface area contributed by atoms with Gasteiger partial charge in [0.25, 0.3) is 0 Å². The second kappa shape index (κ2) is 8.74. The number of anilines is 2. The Kier molecular flexibility index (Phi) is 5.99. The van der Waals surface area contributed by atoms with Crippen LogP contribution in [-0.4, -0.2) is 45.7 Å². The number of thioether (sulfide) groups is 1. The Bertz CT molecular complexity index is 1090. The smallest absolute Gasteiger partial charge is 0.247 e. The van der Waals surface area contributed by atoms with Crippen molar-refractivity contribution < 1.29 is 28.8 Å². The molecule has 2 fully saturated rings. The largest absolute Gasteiger partial charge is 0.295 e. The number of ketones is 2. The van der Waals surface area contributed by atoms with E-state index >= 15 is 0 Å². The van der Waals surface area contributed by atoms with Crippen molar-refractivity contribution in [2.45, 2.75) is 37.2 Å². The van der Waals surface area contributed by atoms with E-state index in [4.69, 9.17) is 0 Å². The highest BCUT2D eigenvalue weighted by Gasteiger charge is 2.46. The van der Waals surface area contributed by atoms with Gasteiger partial charge in [0.05, 0.1) is 21.9 Å². The molecule has 0 bridgehead atoms. The predicted molar refractivity (Wildman–Crippen MR) is 122 cm³/mol. The molecule has 0 saturated carbocycles. The Hall–Kier alpha value is -3.59. The van der Waals surface area contributed by atoms with E-state index in [0.29, 0.717) is 22.5 Å². The van der Waals surface area contributed by atoms with Gasteiger partial charge in [-0.15, -0.1) is 11.8 Å². The van der Waals surface area contributed by atoms with Gasteiger partial charge in [-0.05, 0) is 62.4 Å². The molecule has 2 aromatic carbocycles. The highest BCUT2D eigenvalue weighted by Crippen LogP contribution is 2.37. The Balaban J connectivity index is 1.48. The van der Waals surface area contributed by atoms with Crippen molar-refractivity contribution in [2.24, 2.45) is 0 Å². The average molecular weight is 464 g/mol. The first-order chi connectivity index (χ1) is 15.7. The van der Waals surface area contributed by atoms with Crippen LogP contribution in [0.15, 0.2) is 48.5 Å². The van der Waals surface area contributed by atoms with Crippen LogP contribution in [0.4, 0.5) is 11.4 Å². The van der Waals surface area contributed by atoms with Gasteiger partial charge in [-0.25, -0.2) is 9.80 Å². The van der Waals surface area contributed by atoms with E-state index in [9.17, 15) is 28.8 Å². The van der Waals surface area contributed by atoms with Crippen molar-refractivity contribution in [2.75, 3.05) is 9.80 Å². The molecule has 2 heterocycles. The zero-order valence-corrected chi connectivity index (χ0v) is 18.8. The second-order valence-corrected chi connectivity index (χ2v) is 9.27. The van der Waals surface area contributed by atoms with E-state index in [2.05, 4.69) is 0 Å². The third kappa shape index (κ3) is 4.23. The van der Waals surface area contributed by atoms with E-state index in [-0.39, 0.29) is 24.4 Å². The van der Waals surface area contributed by atoms with E-state index in [1.165, 1.54) is 38.1 Å². The van der Waals surface area contributed by atoms with E-state index in [1.807, 2.05) is 0 Å². The number of benzene rings is 2. The minimum absolute atomic E-state index is 0.0801. The maximum atomic E-state index is 12.9. The van der Waals surface area contributed by atoms with E-state index in [1.54, 1.807) is 24.3 Å². The summed E-state index contributed by atoms with van der Waals surface area (Å²) in [5, 5.41) is -1.57. The number of amides is 4. The number of imide groups is 2. The molecule has 0 spiro atoms. The van der Waals surface area contributed by atoms with Gasteiger partial charge < -0.3 is 0 Å². The van der Waals surface area contributed by atoms with Gasteiger partial charge in [-0.3, -0.25) is 28.8 Å². The van der Waals surface area contributed by atoms with Crippen LogP contribution in [0.3, 0.4) is 0 Å². The van der Waals surface area contributed by atoms with Gasteiger partial charge in [0.1, 0.15) is 0 Å². The molecule has 2 aromatic rings. The number of Topliss-reactive ketones (excluding diaryl/α,β-unsaturated/α-hetero) is 2. The van der Waals surface area contributed by atoms with Gasteiger partial charge >= 0.3 is 0 Å². The standard InChI is InChI=1S/C24H20N2O6S/c1-13(27)15-3-7-17(8-4-15)25-21(29)11-19(23(25)31)33-20-12-22(30)26(24(20)32)18-9-5-16(6-10-18)14(2)28/h3-10,19-20H,11-12H2,1-2H3. The minimum atomic E-state index is -0.785. The summed E-state index contributed by atoms with van der Waals surface area (Å²) in [4.78, 5) is 76.0. The van der Waals surface area contributed by atoms with Gasteiger partial charge in [0.2, 0.25) is 23.6 Å². The number of hydrogen-bond donors (Lipinski definition) is 0. The molecule has 2 aliphatic heterocycles. The molecule has 9 heteroatoms. The van der Waals surface area contributed by atoms with Crippen molar-refractivity contribution in [1.29, 1.82) is 0 Å². The fourth-order valence-corrected chi connectivity index (χ4v) is 5.17. The third-order valence-electron chi connectivity index (χ3n) is 5.60. The fourth-order valence-electron chi connectivity index (χ4n) is 3.85. The van der Waals surface area contributed by atoms with Gasteiger partial charge in [0, 0.05) is 24.0 Å². The van der Waals surface area contributed by atoms with Crippen molar-refractivity contribution >= 4 is 58.3 Å². The van der Waals surface area contributed by atoms with Gasteiger partial charge in [-0.2, -0.15) is 0 Å². The number of hydrogen-bond acceptors (Lipinski definition) is 7. The molecule has 2 saturated heterocycles. The maximum absolute atomic E-state index is 12.9. The molecular formula is C24H20N2O6S. The van der Waals surface area contributed by atoms with Gasteiger partial charge in [0.15, 0.2) is 11.6 Å². The zero-order chi connectivity index (χ0) is 23.9. The Morgan fingerprint density at radius 3 is 1.30 bits per heavy atom. The Morgan fingerprint density at radius 2 is 1.00 bits per heavy atom. The Morgan fingerprint density at radius 1 is 0.667 bits per heavy atom. The summed E-state index contributed by atoms with van der Waals surface area (Å²) in [5.41, 5.74) is 1.66. The molecular weight excluding hydrogens is 444 g/mol. The van der Waals surface area contributed by atoms with Crippen LogP contribution in [0.25, 0.3) is 0 Å². The first-order valence-electron chi connectivity index (χ1n) is 10.3. The number of carbonyl (C=O) groups excluding carboxylic acids is 6. The number of nitrogens with zero attached hydrogens (tertiary/aromatic N) is 2. The monoisotopic (exact) mass is 464 g/mol. The van der Waals surface area contributed by atoms with Crippen LogP contribution in [-0.2, 0) is 19.2 Å². The van der Waals surface area contributed by atoms with Crippen LogP contribution < -0.4 is 9.80 Å². The van der Waals surface area contributed by atoms with Crippen LogP contribution in [0, 0.1) is 0 Å². The summed E-state index contributed by atoms with van der Waals surface area (Å²) in [7, 11) is 0. The third-order valence-corrected chi connectivity index (χ3v) is 7.00. The van der Waals surface area contributed by atoms with Crippen LogP contribution in [0.1, 0.15) is 47.4 Å². The topological polar surface area (TPSA) is 109 Å². The van der Waals surface area contributed by atoms with E-state index in [0.717, 1.165) is 21.6 Å². The summed E-state index contributed by atoms with van der Waals surface area (Å²) < 4.78 is 0. The normalized spacial score (nSPS) is 20.7. The van der Waals surface area contributed by atoms with Crippen molar-refractivity contribution in [3.05, 3.63) is 59.7 Å². The first kappa shape index (κ1) is 22.6.